The molecular formula is C21H30N4O. The number of aryl methyl sites for hydroxylation is 2. The minimum absolute atomic E-state index is 0.111. The Bertz CT molecular complexity index is 730. The van der Waals surface area contributed by atoms with Gasteiger partial charge in [-0.25, -0.2) is 0 Å². The molecule has 0 unspecified atom stereocenters. The third kappa shape index (κ3) is 4.52. The van der Waals surface area contributed by atoms with Gasteiger partial charge in [0.25, 0.3) is 0 Å². The summed E-state index contributed by atoms with van der Waals surface area (Å²) in [6.45, 7) is 7.26. The summed E-state index contributed by atoms with van der Waals surface area (Å²) in [5, 5.41) is 7.55. The Morgan fingerprint density at radius 2 is 1.92 bits per heavy atom. The lowest BCUT2D eigenvalue weighted by molar-refractivity contribution is -0.117. The molecule has 1 aliphatic rings. The molecule has 1 saturated heterocycles. The van der Waals surface area contributed by atoms with Crippen molar-refractivity contribution in [3.8, 4) is 0 Å². The highest BCUT2D eigenvalue weighted by Gasteiger charge is 2.22. The minimum Gasteiger partial charge on any atom is -0.311 e. The van der Waals surface area contributed by atoms with Gasteiger partial charge in [-0.2, -0.15) is 5.10 Å². The van der Waals surface area contributed by atoms with Crippen LogP contribution in [0.2, 0.25) is 0 Å². The molecule has 0 radical (unpaired) electrons. The Morgan fingerprint density at radius 1 is 1.23 bits per heavy atom. The maximum atomic E-state index is 12.5. The van der Waals surface area contributed by atoms with Gasteiger partial charge in [0.15, 0.2) is 0 Å². The number of nitrogens with one attached hydrogen (secondary N) is 1. The van der Waals surface area contributed by atoms with Crippen molar-refractivity contribution in [2.24, 2.45) is 13.0 Å². The van der Waals surface area contributed by atoms with Gasteiger partial charge in [-0.15, -0.1) is 0 Å². The maximum absolute atomic E-state index is 12.5. The van der Waals surface area contributed by atoms with Crippen molar-refractivity contribution in [3.63, 3.8) is 0 Å². The molecule has 3 rings (SSSR count). The van der Waals surface area contributed by atoms with Crippen LogP contribution in [-0.4, -0.2) is 33.7 Å². The molecule has 26 heavy (non-hydrogen) atoms. The number of carbonyl (C=O) groups is 1. The predicted molar refractivity (Wildman–Crippen MR) is 105 cm³/mol. The molecule has 2 aromatic rings. The standard InChI is InChI=1S/C21H30N4O/c1-4-19-16(2)21(24(3)23-19)22-20(26)14-17-10-12-25(13-11-17)15-18-8-6-5-7-9-18/h5-9,17H,4,10-15H2,1-3H3,(H,22,26). The van der Waals surface area contributed by atoms with Crippen LogP contribution in [0.25, 0.3) is 0 Å². The molecule has 0 bridgehead atoms. The Labute approximate surface area is 156 Å². The fraction of sp³-hybridized carbons (Fsp3) is 0.524. The van der Waals surface area contributed by atoms with Crippen LogP contribution in [0, 0.1) is 12.8 Å². The van der Waals surface area contributed by atoms with E-state index in [9.17, 15) is 4.79 Å². The van der Waals surface area contributed by atoms with E-state index < -0.39 is 0 Å². The van der Waals surface area contributed by atoms with Crippen LogP contribution in [0.15, 0.2) is 30.3 Å². The molecule has 5 heteroatoms. The SMILES string of the molecule is CCc1nn(C)c(NC(=O)CC2CCN(Cc3ccccc3)CC2)c1C. The number of benzene rings is 1. The topological polar surface area (TPSA) is 50.2 Å². The molecule has 0 aliphatic carbocycles. The number of carbonyl (C=O) groups excluding carboxylic acids is 1. The van der Waals surface area contributed by atoms with Crippen molar-refractivity contribution < 1.29 is 4.79 Å². The molecule has 5 nitrogen and oxygen atoms in total. The monoisotopic (exact) mass is 354 g/mol. The average Bonchev–Trinajstić information content (AvgIpc) is 2.92. The lowest BCUT2D eigenvalue weighted by atomic mass is 9.93. The number of amides is 1. The third-order valence-electron chi connectivity index (χ3n) is 5.41. The second kappa shape index (κ2) is 8.49. The Balaban J connectivity index is 1.47. The first-order chi connectivity index (χ1) is 12.6. The number of rotatable bonds is 6. The molecule has 0 atom stereocenters. The smallest absolute Gasteiger partial charge is 0.225 e. The molecular weight excluding hydrogens is 324 g/mol. The van der Waals surface area contributed by atoms with E-state index in [2.05, 4.69) is 52.6 Å². The number of piperidine rings is 1. The van der Waals surface area contributed by atoms with Crippen LogP contribution in [-0.2, 0) is 24.8 Å². The van der Waals surface area contributed by atoms with Crippen LogP contribution in [0.1, 0.15) is 43.0 Å². The normalized spacial score (nSPS) is 16.0. The minimum atomic E-state index is 0.111. The molecule has 0 saturated carbocycles. The number of hydrogen-bond acceptors (Lipinski definition) is 3. The van der Waals surface area contributed by atoms with Crippen LogP contribution < -0.4 is 5.32 Å². The van der Waals surface area contributed by atoms with Crippen LogP contribution >= 0.6 is 0 Å². The maximum Gasteiger partial charge on any atom is 0.225 e. The summed E-state index contributed by atoms with van der Waals surface area (Å²) in [7, 11) is 1.89. The summed E-state index contributed by atoms with van der Waals surface area (Å²) in [4.78, 5) is 15.0. The summed E-state index contributed by atoms with van der Waals surface area (Å²) in [6, 6.07) is 10.6. The Morgan fingerprint density at radius 3 is 2.54 bits per heavy atom. The zero-order valence-corrected chi connectivity index (χ0v) is 16.2. The molecule has 1 amide bonds. The fourth-order valence-electron chi connectivity index (χ4n) is 3.83. The molecule has 2 heterocycles. The molecule has 1 N–H and O–H groups in total. The highest BCUT2D eigenvalue weighted by Crippen LogP contribution is 2.24. The summed E-state index contributed by atoms with van der Waals surface area (Å²) in [5.74, 6) is 1.43. The van der Waals surface area contributed by atoms with Gasteiger partial charge in [0.2, 0.25) is 5.91 Å². The summed E-state index contributed by atoms with van der Waals surface area (Å²) in [6.07, 6.45) is 3.66. The first-order valence-corrected chi connectivity index (χ1v) is 9.65. The molecule has 1 aromatic heterocycles. The van der Waals surface area contributed by atoms with Crippen LogP contribution in [0.4, 0.5) is 5.82 Å². The molecule has 1 aromatic carbocycles. The quantitative estimate of drug-likeness (QED) is 0.863. The highest BCUT2D eigenvalue weighted by atomic mass is 16.1. The van der Waals surface area contributed by atoms with Crippen molar-refractivity contribution in [2.75, 3.05) is 18.4 Å². The van der Waals surface area contributed by atoms with Gasteiger partial charge in [0.1, 0.15) is 5.82 Å². The first-order valence-electron chi connectivity index (χ1n) is 9.65. The van der Waals surface area contributed by atoms with E-state index in [4.69, 9.17) is 0 Å². The molecule has 140 valence electrons. The number of aromatic nitrogens is 2. The van der Waals surface area contributed by atoms with E-state index in [0.29, 0.717) is 12.3 Å². The van der Waals surface area contributed by atoms with E-state index >= 15 is 0 Å². The van der Waals surface area contributed by atoms with Gasteiger partial charge in [-0.3, -0.25) is 14.4 Å². The highest BCUT2D eigenvalue weighted by molar-refractivity contribution is 5.90. The number of hydrogen-bond donors (Lipinski definition) is 1. The molecule has 0 spiro atoms. The fourth-order valence-corrected chi connectivity index (χ4v) is 3.83. The van der Waals surface area contributed by atoms with Crippen LogP contribution in [0.5, 0.6) is 0 Å². The average molecular weight is 354 g/mol. The van der Waals surface area contributed by atoms with Crippen molar-refractivity contribution in [1.82, 2.24) is 14.7 Å². The zero-order chi connectivity index (χ0) is 18.5. The number of anilines is 1. The number of likely N-dealkylation sites (tertiary alicyclic amines) is 1. The van der Waals surface area contributed by atoms with E-state index in [1.807, 2.05) is 14.0 Å². The third-order valence-corrected chi connectivity index (χ3v) is 5.41. The summed E-state index contributed by atoms with van der Waals surface area (Å²) >= 11 is 0. The van der Waals surface area contributed by atoms with Crippen molar-refractivity contribution in [3.05, 3.63) is 47.2 Å². The first kappa shape index (κ1) is 18.6. The summed E-state index contributed by atoms with van der Waals surface area (Å²) in [5.41, 5.74) is 3.50. The zero-order valence-electron chi connectivity index (χ0n) is 16.2. The second-order valence-corrected chi connectivity index (χ2v) is 7.35. The van der Waals surface area contributed by atoms with E-state index in [0.717, 1.165) is 56.0 Å². The molecule has 1 aliphatic heterocycles. The van der Waals surface area contributed by atoms with E-state index in [1.54, 1.807) is 4.68 Å². The number of nitrogens with zero attached hydrogens (tertiary/aromatic N) is 3. The Kier molecular flexibility index (Phi) is 6.09. The predicted octanol–water partition coefficient (Wildman–Crippen LogP) is 3.53. The van der Waals surface area contributed by atoms with Gasteiger partial charge >= 0.3 is 0 Å². The second-order valence-electron chi connectivity index (χ2n) is 7.35. The van der Waals surface area contributed by atoms with Crippen molar-refractivity contribution in [2.45, 2.75) is 46.1 Å². The van der Waals surface area contributed by atoms with Gasteiger partial charge < -0.3 is 5.32 Å². The van der Waals surface area contributed by atoms with E-state index in [-0.39, 0.29) is 5.91 Å². The Hall–Kier alpha value is -2.14. The van der Waals surface area contributed by atoms with E-state index in [1.165, 1.54) is 5.56 Å². The van der Waals surface area contributed by atoms with Crippen molar-refractivity contribution in [1.29, 1.82) is 0 Å². The van der Waals surface area contributed by atoms with Crippen molar-refractivity contribution >= 4 is 11.7 Å². The van der Waals surface area contributed by atoms with Gasteiger partial charge in [0, 0.05) is 25.6 Å². The largest absolute Gasteiger partial charge is 0.311 e. The van der Waals surface area contributed by atoms with Crippen LogP contribution in [0.3, 0.4) is 0 Å². The summed E-state index contributed by atoms with van der Waals surface area (Å²) < 4.78 is 1.79. The van der Waals surface area contributed by atoms with Gasteiger partial charge in [-0.05, 0) is 50.8 Å². The van der Waals surface area contributed by atoms with Gasteiger partial charge in [-0.1, -0.05) is 37.3 Å². The van der Waals surface area contributed by atoms with Gasteiger partial charge in [0.05, 0.1) is 5.69 Å². The lowest BCUT2D eigenvalue weighted by Crippen LogP contribution is -2.34. The lowest BCUT2D eigenvalue weighted by Gasteiger charge is -2.31. The molecule has 1 fully saturated rings.